The van der Waals surface area contributed by atoms with E-state index < -0.39 is 15.9 Å². The number of rotatable bonds is 6. The number of aryl methyl sites for hydroxylation is 1. The molecular formula is C19H18ClN3O5S. The van der Waals surface area contributed by atoms with Crippen molar-refractivity contribution >= 4 is 27.5 Å². The molecule has 152 valence electrons. The van der Waals surface area contributed by atoms with Gasteiger partial charge in [0.1, 0.15) is 5.69 Å². The van der Waals surface area contributed by atoms with Crippen LogP contribution in [0.3, 0.4) is 0 Å². The fraction of sp³-hybridized carbons (Fsp3) is 0.158. The van der Waals surface area contributed by atoms with E-state index in [0.29, 0.717) is 33.0 Å². The van der Waals surface area contributed by atoms with Gasteiger partial charge in [-0.1, -0.05) is 23.7 Å². The molecule has 2 aromatic carbocycles. The molecule has 0 spiro atoms. The first-order valence-corrected chi connectivity index (χ1v) is 10.4. The van der Waals surface area contributed by atoms with E-state index in [0.717, 1.165) is 5.56 Å². The van der Waals surface area contributed by atoms with Crippen LogP contribution in [0.2, 0.25) is 5.02 Å². The van der Waals surface area contributed by atoms with E-state index in [1.165, 1.54) is 19.2 Å². The Bertz CT molecular complexity index is 1120. The van der Waals surface area contributed by atoms with Crippen molar-refractivity contribution in [2.24, 2.45) is 5.14 Å². The molecule has 29 heavy (non-hydrogen) atoms. The van der Waals surface area contributed by atoms with Crippen molar-refractivity contribution in [3.63, 3.8) is 0 Å². The number of halogens is 1. The van der Waals surface area contributed by atoms with Gasteiger partial charge in [-0.05, 0) is 36.4 Å². The molecule has 1 heterocycles. The van der Waals surface area contributed by atoms with Gasteiger partial charge in [-0.3, -0.25) is 10.0 Å². The first kappa shape index (κ1) is 21.0. The summed E-state index contributed by atoms with van der Waals surface area (Å²) >= 11 is 5.96. The number of hydrogen-bond donors (Lipinski definition) is 2. The maximum atomic E-state index is 11.6. The fourth-order valence-corrected chi connectivity index (χ4v) is 3.28. The summed E-state index contributed by atoms with van der Waals surface area (Å²) in [7, 11) is -2.57. The van der Waals surface area contributed by atoms with Crippen LogP contribution in [0.15, 0.2) is 57.8 Å². The number of nitrogens with two attached hydrogens (primary N) is 1. The number of aromatic nitrogens is 1. The first-order chi connectivity index (χ1) is 13.6. The highest BCUT2D eigenvalue weighted by atomic mass is 35.5. The number of hydroxylamine groups is 2. The SMILES string of the molecule is CN(O)C(=O)CCc1nc(-c2ccc(Cl)cc2)c(-c2ccc(S(N)(=O)=O)cc2)o1. The summed E-state index contributed by atoms with van der Waals surface area (Å²) in [6, 6.07) is 12.9. The van der Waals surface area contributed by atoms with Crippen LogP contribution in [0.25, 0.3) is 22.6 Å². The van der Waals surface area contributed by atoms with Crippen LogP contribution in [0, 0.1) is 0 Å². The van der Waals surface area contributed by atoms with Crippen LogP contribution in [-0.4, -0.2) is 36.6 Å². The highest BCUT2D eigenvalue weighted by molar-refractivity contribution is 7.89. The van der Waals surface area contributed by atoms with Crippen molar-refractivity contribution < 1.29 is 22.8 Å². The number of carbonyl (C=O) groups excluding carboxylic acids is 1. The van der Waals surface area contributed by atoms with E-state index in [4.69, 9.17) is 21.2 Å². The van der Waals surface area contributed by atoms with Crippen LogP contribution >= 0.6 is 11.6 Å². The van der Waals surface area contributed by atoms with Gasteiger partial charge in [-0.25, -0.2) is 23.6 Å². The predicted molar refractivity (Wildman–Crippen MR) is 107 cm³/mol. The predicted octanol–water partition coefficient (Wildman–Crippen LogP) is 3.09. The monoisotopic (exact) mass is 435 g/mol. The van der Waals surface area contributed by atoms with E-state index in [2.05, 4.69) is 4.98 Å². The summed E-state index contributed by atoms with van der Waals surface area (Å²) in [6.07, 6.45) is 0.191. The Balaban J connectivity index is 2.01. The van der Waals surface area contributed by atoms with Gasteiger partial charge >= 0.3 is 0 Å². The second kappa shape index (κ2) is 8.34. The van der Waals surface area contributed by atoms with E-state index in [1.807, 2.05) is 0 Å². The Morgan fingerprint density at radius 2 is 1.72 bits per heavy atom. The number of benzene rings is 2. The smallest absolute Gasteiger partial charge is 0.246 e. The molecule has 0 aliphatic rings. The quantitative estimate of drug-likeness (QED) is 0.452. The maximum absolute atomic E-state index is 11.6. The zero-order valence-electron chi connectivity index (χ0n) is 15.4. The molecule has 0 unspecified atom stereocenters. The van der Waals surface area contributed by atoms with E-state index >= 15 is 0 Å². The van der Waals surface area contributed by atoms with Gasteiger partial charge < -0.3 is 4.42 Å². The van der Waals surface area contributed by atoms with Crippen LogP contribution in [-0.2, 0) is 21.2 Å². The minimum atomic E-state index is -3.82. The standard InChI is InChI=1S/C19H18ClN3O5S/c1-23(25)17(24)11-10-16-22-18(12-2-6-14(20)7-3-12)19(28-16)13-4-8-15(9-5-13)29(21,26)27/h2-9,25H,10-11H2,1H3,(H2,21,26,27). The number of primary sulfonamides is 1. The number of carbonyl (C=O) groups is 1. The van der Waals surface area contributed by atoms with Gasteiger partial charge in [0.15, 0.2) is 11.7 Å². The second-order valence-electron chi connectivity index (χ2n) is 6.28. The average molecular weight is 436 g/mol. The third-order valence-electron chi connectivity index (χ3n) is 4.15. The Hall–Kier alpha value is -2.72. The van der Waals surface area contributed by atoms with Crippen molar-refractivity contribution in [1.29, 1.82) is 0 Å². The number of amides is 1. The topological polar surface area (TPSA) is 127 Å². The third kappa shape index (κ3) is 5.01. The first-order valence-electron chi connectivity index (χ1n) is 8.49. The Morgan fingerprint density at radius 1 is 1.14 bits per heavy atom. The normalized spacial score (nSPS) is 11.4. The zero-order chi connectivity index (χ0) is 21.2. The lowest BCUT2D eigenvalue weighted by molar-refractivity contribution is -0.159. The van der Waals surface area contributed by atoms with Crippen molar-refractivity contribution in [3.8, 4) is 22.6 Å². The molecule has 0 bridgehead atoms. The molecule has 3 rings (SSSR count). The van der Waals surface area contributed by atoms with E-state index in [1.54, 1.807) is 36.4 Å². The Labute approximate surface area is 172 Å². The molecule has 8 nitrogen and oxygen atoms in total. The minimum Gasteiger partial charge on any atom is -0.440 e. The molecular weight excluding hydrogens is 418 g/mol. The van der Waals surface area contributed by atoms with Gasteiger partial charge in [-0.2, -0.15) is 0 Å². The van der Waals surface area contributed by atoms with Gasteiger partial charge in [0.2, 0.25) is 15.9 Å². The molecule has 0 aliphatic carbocycles. The molecule has 0 fully saturated rings. The van der Waals surface area contributed by atoms with Crippen LogP contribution in [0.1, 0.15) is 12.3 Å². The highest BCUT2D eigenvalue weighted by Crippen LogP contribution is 2.34. The van der Waals surface area contributed by atoms with Crippen molar-refractivity contribution in [1.82, 2.24) is 10.0 Å². The molecule has 10 heteroatoms. The lowest BCUT2D eigenvalue weighted by Crippen LogP contribution is -2.22. The maximum Gasteiger partial charge on any atom is 0.246 e. The molecule has 0 aliphatic heterocycles. The third-order valence-corrected chi connectivity index (χ3v) is 5.33. The van der Waals surface area contributed by atoms with Gasteiger partial charge in [0.25, 0.3) is 0 Å². The molecule has 1 amide bonds. The summed E-state index contributed by atoms with van der Waals surface area (Å²) < 4.78 is 28.8. The summed E-state index contributed by atoms with van der Waals surface area (Å²) in [4.78, 5) is 16.1. The average Bonchev–Trinajstić information content (AvgIpc) is 3.10. The summed E-state index contributed by atoms with van der Waals surface area (Å²) in [5.41, 5.74) is 1.84. The van der Waals surface area contributed by atoms with E-state index in [9.17, 15) is 18.4 Å². The van der Waals surface area contributed by atoms with Crippen molar-refractivity contribution in [2.45, 2.75) is 17.7 Å². The number of oxazole rings is 1. The zero-order valence-corrected chi connectivity index (χ0v) is 16.9. The van der Waals surface area contributed by atoms with Crippen LogP contribution in [0.4, 0.5) is 0 Å². The number of sulfonamides is 1. The van der Waals surface area contributed by atoms with Crippen LogP contribution < -0.4 is 5.14 Å². The number of hydrogen-bond acceptors (Lipinski definition) is 6. The highest BCUT2D eigenvalue weighted by Gasteiger charge is 2.19. The van der Waals surface area contributed by atoms with Crippen LogP contribution in [0.5, 0.6) is 0 Å². The lowest BCUT2D eigenvalue weighted by atomic mass is 10.1. The molecule has 0 saturated heterocycles. The number of nitrogens with zero attached hydrogens (tertiary/aromatic N) is 2. The van der Waals surface area contributed by atoms with Gasteiger partial charge in [0.05, 0.1) is 4.90 Å². The molecule has 3 aromatic rings. The summed E-state index contributed by atoms with van der Waals surface area (Å²) in [5.74, 6) is 0.235. The Kier molecular flexibility index (Phi) is 6.04. The van der Waals surface area contributed by atoms with Crippen molar-refractivity contribution in [2.75, 3.05) is 7.05 Å². The largest absolute Gasteiger partial charge is 0.440 e. The fourth-order valence-electron chi connectivity index (χ4n) is 2.64. The molecule has 0 saturated carbocycles. The van der Waals surface area contributed by atoms with Gasteiger partial charge in [0, 0.05) is 36.0 Å². The summed E-state index contributed by atoms with van der Waals surface area (Å²) in [5, 5.41) is 15.4. The van der Waals surface area contributed by atoms with Gasteiger partial charge in [-0.15, -0.1) is 0 Å². The minimum absolute atomic E-state index is 0.0113. The van der Waals surface area contributed by atoms with Crippen molar-refractivity contribution in [3.05, 3.63) is 59.4 Å². The second-order valence-corrected chi connectivity index (χ2v) is 8.28. The lowest BCUT2D eigenvalue weighted by Gasteiger charge is -2.06. The molecule has 1 aromatic heterocycles. The summed E-state index contributed by atoms with van der Waals surface area (Å²) in [6.45, 7) is 0. The molecule has 3 N–H and O–H groups in total. The molecule has 0 radical (unpaired) electrons. The Morgan fingerprint density at radius 3 is 2.28 bits per heavy atom. The van der Waals surface area contributed by atoms with E-state index in [-0.39, 0.29) is 17.7 Å². The molecule has 0 atom stereocenters.